The van der Waals surface area contributed by atoms with E-state index in [1.807, 2.05) is 18.2 Å². The molecule has 5 nitrogen and oxygen atoms in total. The molecule has 1 saturated heterocycles. The largest absolute Gasteiger partial charge is 0.493 e. The summed E-state index contributed by atoms with van der Waals surface area (Å²) in [7, 11) is 1.64. The maximum Gasteiger partial charge on any atom is 0.163 e. The predicted molar refractivity (Wildman–Crippen MR) is 120 cm³/mol. The van der Waals surface area contributed by atoms with Gasteiger partial charge in [-0.2, -0.15) is 0 Å². The van der Waals surface area contributed by atoms with E-state index >= 15 is 0 Å². The number of benzene rings is 2. The highest BCUT2D eigenvalue weighted by Crippen LogP contribution is 2.39. The van der Waals surface area contributed by atoms with Crippen LogP contribution in [0.3, 0.4) is 0 Å². The number of hydrogen-bond acceptors (Lipinski definition) is 5. The first kappa shape index (κ1) is 20.7. The molecular formula is C24H30FN3O2. The quantitative estimate of drug-likeness (QED) is 0.407. The number of likely N-dealkylation sites (tertiary alicyclic amines) is 1. The Labute approximate surface area is 177 Å². The van der Waals surface area contributed by atoms with Gasteiger partial charge in [-0.1, -0.05) is 12.1 Å². The lowest BCUT2D eigenvalue weighted by Crippen LogP contribution is -2.21. The fraction of sp³-hybridized carbons (Fsp3) is 0.458. The Balaban J connectivity index is 1.68. The smallest absolute Gasteiger partial charge is 0.163 e. The minimum Gasteiger partial charge on any atom is -0.493 e. The zero-order chi connectivity index (χ0) is 21.1. The normalized spacial score (nSPS) is 14.7. The molecule has 0 aliphatic carbocycles. The molecule has 0 bridgehead atoms. The lowest BCUT2D eigenvalue weighted by Gasteiger charge is -2.18. The van der Waals surface area contributed by atoms with E-state index in [0.29, 0.717) is 29.1 Å². The Bertz CT molecular complexity index is 1030. The second-order valence-electron chi connectivity index (χ2n) is 8.19. The van der Waals surface area contributed by atoms with Crippen LogP contribution in [0.25, 0.3) is 21.8 Å². The maximum atomic E-state index is 14.5. The molecule has 30 heavy (non-hydrogen) atoms. The fourth-order valence-electron chi connectivity index (χ4n) is 4.13. The van der Waals surface area contributed by atoms with E-state index in [2.05, 4.69) is 29.0 Å². The zero-order valence-corrected chi connectivity index (χ0v) is 18.0. The molecule has 0 atom stereocenters. The second kappa shape index (κ2) is 9.04. The van der Waals surface area contributed by atoms with E-state index in [4.69, 9.17) is 9.47 Å². The monoisotopic (exact) mass is 411 g/mol. The summed E-state index contributed by atoms with van der Waals surface area (Å²) >= 11 is 0. The molecule has 2 heterocycles. The SMILES string of the molecule is COc1cc2c(NC(C)C)c3cccc(F)c3nc2cc1OCCCN1CCCC1. The summed E-state index contributed by atoms with van der Waals surface area (Å²) in [6.45, 7) is 8.16. The number of fused-ring (bicyclic) bond motifs is 2. The number of methoxy groups -OCH3 is 1. The van der Waals surface area contributed by atoms with Crippen LogP contribution < -0.4 is 14.8 Å². The molecule has 2 aromatic carbocycles. The molecule has 1 aliphatic rings. The first-order chi connectivity index (χ1) is 14.6. The number of rotatable bonds is 8. The van der Waals surface area contributed by atoms with Crippen molar-refractivity contribution in [2.45, 2.75) is 39.2 Å². The van der Waals surface area contributed by atoms with E-state index in [1.165, 1.54) is 32.0 Å². The molecule has 0 saturated carbocycles. The van der Waals surface area contributed by atoms with Gasteiger partial charge in [-0.3, -0.25) is 0 Å². The highest BCUT2D eigenvalue weighted by molar-refractivity contribution is 6.08. The molecule has 0 spiro atoms. The summed E-state index contributed by atoms with van der Waals surface area (Å²) in [5.74, 6) is 0.975. The number of para-hydroxylation sites is 1. The van der Waals surface area contributed by atoms with Crippen molar-refractivity contribution in [1.82, 2.24) is 9.88 Å². The van der Waals surface area contributed by atoms with Crippen LogP contribution in [-0.4, -0.2) is 49.3 Å². The number of pyridine rings is 1. The van der Waals surface area contributed by atoms with Crippen molar-refractivity contribution in [3.63, 3.8) is 0 Å². The summed E-state index contributed by atoms with van der Waals surface area (Å²) in [5.41, 5.74) is 1.91. The molecule has 6 heteroatoms. The van der Waals surface area contributed by atoms with Crippen LogP contribution in [0.2, 0.25) is 0 Å². The Morgan fingerprint density at radius 1 is 1.13 bits per heavy atom. The van der Waals surface area contributed by atoms with Crippen LogP contribution in [0.1, 0.15) is 33.1 Å². The molecule has 4 rings (SSSR count). The molecule has 3 aromatic rings. The summed E-state index contributed by atoms with van der Waals surface area (Å²) in [5, 5.41) is 5.12. The Kier molecular flexibility index (Phi) is 6.23. The number of hydrogen-bond donors (Lipinski definition) is 1. The van der Waals surface area contributed by atoms with Gasteiger partial charge >= 0.3 is 0 Å². The third-order valence-electron chi connectivity index (χ3n) is 5.55. The average Bonchev–Trinajstić information content (AvgIpc) is 3.24. The van der Waals surface area contributed by atoms with Crippen LogP contribution in [0.4, 0.5) is 10.1 Å². The van der Waals surface area contributed by atoms with Crippen molar-refractivity contribution in [1.29, 1.82) is 0 Å². The Morgan fingerprint density at radius 3 is 2.67 bits per heavy atom. The van der Waals surface area contributed by atoms with Crippen molar-refractivity contribution in [2.75, 3.05) is 38.7 Å². The van der Waals surface area contributed by atoms with Gasteiger partial charge in [-0.05, 0) is 58.3 Å². The van der Waals surface area contributed by atoms with Gasteiger partial charge in [0.25, 0.3) is 0 Å². The Morgan fingerprint density at radius 2 is 1.93 bits per heavy atom. The maximum absolute atomic E-state index is 14.5. The van der Waals surface area contributed by atoms with Gasteiger partial charge in [0.1, 0.15) is 11.3 Å². The number of ether oxygens (including phenoxy) is 2. The van der Waals surface area contributed by atoms with Gasteiger partial charge in [-0.15, -0.1) is 0 Å². The van der Waals surface area contributed by atoms with Crippen molar-refractivity contribution in [3.8, 4) is 11.5 Å². The highest BCUT2D eigenvalue weighted by atomic mass is 19.1. The van der Waals surface area contributed by atoms with Gasteiger partial charge in [0.15, 0.2) is 11.5 Å². The van der Waals surface area contributed by atoms with Gasteiger partial charge in [0.2, 0.25) is 0 Å². The standard InChI is InChI=1S/C24H30FN3O2/c1-16(2)26-23-17-8-6-9-19(25)24(17)27-20-15-22(21(29-3)14-18(20)23)30-13-7-12-28-10-4-5-11-28/h6,8-9,14-16H,4-5,7,10-13H2,1-3H3,(H,26,27). The molecule has 1 aromatic heterocycles. The number of nitrogens with zero attached hydrogens (tertiary/aromatic N) is 2. The summed E-state index contributed by atoms with van der Waals surface area (Å²) < 4.78 is 26.2. The molecule has 1 fully saturated rings. The molecule has 0 amide bonds. The number of aromatic nitrogens is 1. The van der Waals surface area contributed by atoms with Crippen molar-refractivity contribution >= 4 is 27.5 Å². The first-order valence-corrected chi connectivity index (χ1v) is 10.8. The van der Waals surface area contributed by atoms with Crippen molar-refractivity contribution in [3.05, 3.63) is 36.1 Å². The summed E-state index contributed by atoms with van der Waals surface area (Å²) in [6.07, 6.45) is 3.55. The molecule has 0 unspecified atom stereocenters. The minimum absolute atomic E-state index is 0.189. The lowest BCUT2D eigenvalue weighted by atomic mass is 10.1. The van der Waals surface area contributed by atoms with Gasteiger partial charge in [0.05, 0.1) is 24.9 Å². The molecule has 1 aliphatic heterocycles. The molecule has 0 radical (unpaired) electrons. The van der Waals surface area contributed by atoms with E-state index in [1.54, 1.807) is 13.2 Å². The van der Waals surface area contributed by atoms with Crippen molar-refractivity contribution in [2.24, 2.45) is 0 Å². The van der Waals surface area contributed by atoms with Gasteiger partial charge in [-0.25, -0.2) is 9.37 Å². The third-order valence-corrected chi connectivity index (χ3v) is 5.55. The van der Waals surface area contributed by atoms with E-state index in [0.717, 1.165) is 29.4 Å². The summed E-state index contributed by atoms with van der Waals surface area (Å²) in [4.78, 5) is 7.09. The number of nitrogens with one attached hydrogen (secondary N) is 1. The van der Waals surface area contributed by atoms with Crippen LogP contribution in [-0.2, 0) is 0 Å². The lowest BCUT2D eigenvalue weighted by molar-refractivity contribution is 0.254. The molecule has 1 N–H and O–H groups in total. The average molecular weight is 412 g/mol. The minimum atomic E-state index is -0.329. The van der Waals surface area contributed by atoms with Gasteiger partial charge in [0, 0.05) is 29.4 Å². The van der Waals surface area contributed by atoms with Crippen LogP contribution in [0.5, 0.6) is 11.5 Å². The second-order valence-corrected chi connectivity index (χ2v) is 8.19. The fourth-order valence-corrected chi connectivity index (χ4v) is 4.13. The highest BCUT2D eigenvalue weighted by Gasteiger charge is 2.17. The number of anilines is 1. The molecular weight excluding hydrogens is 381 g/mol. The van der Waals surface area contributed by atoms with Crippen LogP contribution in [0, 0.1) is 5.82 Å². The van der Waals surface area contributed by atoms with Crippen LogP contribution in [0.15, 0.2) is 30.3 Å². The molecule has 160 valence electrons. The Hall–Kier alpha value is -2.60. The van der Waals surface area contributed by atoms with E-state index in [-0.39, 0.29) is 11.9 Å². The van der Waals surface area contributed by atoms with E-state index < -0.39 is 0 Å². The third kappa shape index (κ3) is 4.29. The van der Waals surface area contributed by atoms with Crippen LogP contribution >= 0.6 is 0 Å². The van der Waals surface area contributed by atoms with E-state index in [9.17, 15) is 4.39 Å². The topological polar surface area (TPSA) is 46.6 Å². The van der Waals surface area contributed by atoms with Gasteiger partial charge < -0.3 is 19.7 Å². The van der Waals surface area contributed by atoms with Crippen molar-refractivity contribution < 1.29 is 13.9 Å². The predicted octanol–water partition coefficient (Wildman–Crippen LogP) is 5.22. The first-order valence-electron chi connectivity index (χ1n) is 10.8. The zero-order valence-electron chi connectivity index (χ0n) is 18.0. The summed E-state index contributed by atoms with van der Waals surface area (Å²) in [6, 6.07) is 9.04. The number of halogens is 1.